The first-order chi connectivity index (χ1) is 14.0. The molecule has 1 saturated carbocycles. The van der Waals surface area contributed by atoms with Gasteiger partial charge in [-0.05, 0) is 55.9 Å². The van der Waals surface area contributed by atoms with Crippen LogP contribution in [0.3, 0.4) is 0 Å². The van der Waals surface area contributed by atoms with Crippen molar-refractivity contribution in [1.82, 2.24) is 20.3 Å². The van der Waals surface area contributed by atoms with Crippen LogP contribution in [0.4, 0.5) is 4.39 Å². The number of nitrogens with one attached hydrogen (secondary N) is 4. The molecule has 1 aliphatic rings. The van der Waals surface area contributed by atoms with E-state index in [1.54, 1.807) is 6.07 Å². The van der Waals surface area contributed by atoms with Crippen molar-refractivity contribution in [3.8, 4) is 0 Å². The quantitative estimate of drug-likeness (QED) is 0.208. The zero-order valence-corrected chi connectivity index (χ0v) is 20.4. The van der Waals surface area contributed by atoms with Gasteiger partial charge in [0.15, 0.2) is 5.96 Å². The minimum absolute atomic E-state index is 0. The second-order valence-electron chi connectivity index (χ2n) is 7.41. The summed E-state index contributed by atoms with van der Waals surface area (Å²) in [5.41, 5.74) is 1.87. The van der Waals surface area contributed by atoms with Gasteiger partial charge in [-0.2, -0.15) is 0 Å². The van der Waals surface area contributed by atoms with E-state index in [1.165, 1.54) is 18.6 Å². The van der Waals surface area contributed by atoms with Crippen LogP contribution in [0.25, 0.3) is 10.9 Å². The van der Waals surface area contributed by atoms with Crippen LogP contribution in [-0.2, 0) is 16.4 Å². The van der Waals surface area contributed by atoms with E-state index in [9.17, 15) is 12.8 Å². The summed E-state index contributed by atoms with van der Waals surface area (Å²) in [4.78, 5) is 7.45. The molecule has 1 aromatic carbocycles. The van der Waals surface area contributed by atoms with Gasteiger partial charge >= 0.3 is 0 Å². The van der Waals surface area contributed by atoms with Crippen molar-refractivity contribution in [3.63, 3.8) is 0 Å². The van der Waals surface area contributed by atoms with Crippen LogP contribution in [0, 0.1) is 11.7 Å². The maximum Gasteiger partial charge on any atom is 0.213 e. The fourth-order valence-corrected chi connectivity index (χ4v) is 4.28. The number of hydrogen-bond acceptors (Lipinski definition) is 3. The molecule has 0 unspecified atom stereocenters. The summed E-state index contributed by atoms with van der Waals surface area (Å²) in [5, 5.41) is 7.35. The smallest absolute Gasteiger partial charge is 0.213 e. The Bertz CT molecular complexity index is 944. The molecular weight excluding hydrogens is 520 g/mol. The number of hydrogen-bond donors (Lipinski definition) is 4. The Morgan fingerprint density at radius 2 is 2.10 bits per heavy atom. The first-order valence-corrected chi connectivity index (χ1v) is 11.9. The fourth-order valence-electron chi connectivity index (χ4n) is 3.31. The number of nitrogens with zero attached hydrogens (tertiary/aromatic N) is 1. The van der Waals surface area contributed by atoms with E-state index < -0.39 is 10.0 Å². The third kappa shape index (κ3) is 7.38. The van der Waals surface area contributed by atoms with Gasteiger partial charge in [-0.3, -0.25) is 4.99 Å². The molecule has 0 saturated heterocycles. The van der Waals surface area contributed by atoms with Crippen LogP contribution in [0.2, 0.25) is 0 Å². The number of fused-ring (bicyclic) bond motifs is 1. The second kappa shape index (κ2) is 11.8. The van der Waals surface area contributed by atoms with Crippen molar-refractivity contribution in [1.29, 1.82) is 0 Å². The average Bonchev–Trinajstić information content (AvgIpc) is 3.02. The van der Waals surface area contributed by atoms with E-state index in [4.69, 9.17) is 0 Å². The van der Waals surface area contributed by atoms with Crippen molar-refractivity contribution in [2.24, 2.45) is 10.9 Å². The number of halogens is 2. The minimum Gasteiger partial charge on any atom is -0.361 e. The fraction of sp³-hybridized carbons (Fsp3) is 0.550. The molecule has 30 heavy (non-hydrogen) atoms. The van der Waals surface area contributed by atoms with E-state index in [1.807, 2.05) is 13.1 Å². The molecular formula is C20H31FIN5O2S. The molecule has 0 aliphatic heterocycles. The number of sulfonamides is 1. The van der Waals surface area contributed by atoms with E-state index in [2.05, 4.69) is 25.3 Å². The molecule has 10 heteroatoms. The summed E-state index contributed by atoms with van der Waals surface area (Å²) in [6.45, 7) is 4.01. The lowest BCUT2D eigenvalue weighted by Crippen LogP contribution is -2.39. The zero-order valence-electron chi connectivity index (χ0n) is 17.2. The first-order valence-electron chi connectivity index (χ1n) is 10.2. The van der Waals surface area contributed by atoms with Gasteiger partial charge in [-0.15, -0.1) is 24.0 Å². The minimum atomic E-state index is -3.29. The van der Waals surface area contributed by atoms with E-state index >= 15 is 0 Å². The molecule has 7 nitrogen and oxygen atoms in total. The van der Waals surface area contributed by atoms with Crippen LogP contribution in [0.1, 0.15) is 31.7 Å². The number of rotatable bonds is 10. The van der Waals surface area contributed by atoms with Crippen molar-refractivity contribution in [2.75, 3.05) is 31.9 Å². The highest BCUT2D eigenvalue weighted by Gasteiger charge is 2.19. The maximum absolute atomic E-state index is 13.3. The van der Waals surface area contributed by atoms with Crippen LogP contribution in [0.15, 0.2) is 29.4 Å². The Morgan fingerprint density at radius 3 is 2.80 bits per heavy atom. The lowest BCUT2D eigenvalue weighted by molar-refractivity contribution is 0.316. The predicted molar refractivity (Wildman–Crippen MR) is 130 cm³/mol. The van der Waals surface area contributed by atoms with Crippen molar-refractivity contribution >= 4 is 50.9 Å². The molecule has 4 N–H and O–H groups in total. The topological polar surface area (TPSA) is 98.4 Å². The highest BCUT2D eigenvalue weighted by molar-refractivity contribution is 14.0. The largest absolute Gasteiger partial charge is 0.361 e. The summed E-state index contributed by atoms with van der Waals surface area (Å²) in [5.74, 6) is 0.799. The summed E-state index contributed by atoms with van der Waals surface area (Å²) >= 11 is 0. The number of benzene rings is 1. The Hall–Kier alpha value is -1.40. The number of aliphatic imine (C=N–C) groups is 1. The Balaban J connectivity index is 0.00000320. The van der Waals surface area contributed by atoms with Gasteiger partial charge in [-0.1, -0.05) is 6.42 Å². The van der Waals surface area contributed by atoms with E-state index in [0.717, 1.165) is 35.7 Å². The lowest BCUT2D eigenvalue weighted by atomic mass is 9.86. The molecule has 1 aromatic heterocycles. The lowest BCUT2D eigenvalue weighted by Gasteiger charge is -2.25. The first kappa shape index (κ1) is 24.9. The van der Waals surface area contributed by atoms with Gasteiger partial charge in [0.05, 0.1) is 12.3 Å². The van der Waals surface area contributed by atoms with Crippen molar-refractivity contribution < 1.29 is 12.8 Å². The Kier molecular flexibility index (Phi) is 9.82. The third-order valence-electron chi connectivity index (χ3n) is 5.21. The Morgan fingerprint density at radius 1 is 1.30 bits per heavy atom. The molecule has 1 fully saturated rings. The second-order valence-corrected chi connectivity index (χ2v) is 9.33. The van der Waals surface area contributed by atoms with Gasteiger partial charge < -0.3 is 15.6 Å². The number of H-pyrrole nitrogens is 1. The zero-order chi connectivity index (χ0) is 20.7. The molecule has 0 spiro atoms. The van der Waals surface area contributed by atoms with Gasteiger partial charge in [0.25, 0.3) is 0 Å². The Labute approximate surface area is 194 Å². The molecule has 3 rings (SSSR count). The number of aromatic amines is 1. The number of guanidine groups is 1. The van der Waals surface area contributed by atoms with Crippen LogP contribution >= 0.6 is 24.0 Å². The van der Waals surface area contributed by atoms with Gasteiger partial charge in [-0.25, -0.2) is 17.5 Å². The predicted octanol–water partition coefficient (Wildman–Crippen LogP) is 2.74. The van der Waals surface area contributed by atoms with E-state index in [0.29, 0.717) is 31.5 Å². The maximum atomic E-state index is 13.3. The normalized spacial score (nSPS) is 14.9. The SMILES string of the molecule is CCNC(=NCCS(=O)(=O)NCC1CCC1)NCCc1c[nH]c2cc(F)ccc12.I. The van der Waals surface area contributed by atoms with Crippen molar-refractivity contribution in [2.45, 2.75) is 32.6 Å². The molecule has 0 atom stereocenters. The molecule has 1 aliphatic carbocycles. The molecule has 0 bridgehead atoms. The third-order valence-corrected chi connectivity index (χ3v) is 6.53. The highest BCUT2D eigenvalue weighted by Crippen LogP contribution is 2.25. The van der Waals surface area contributed by atoms with Gasteiger partial charge in [0.2, 0.25) is 10.0 Å². The van der Waals surface area contributed by atoms with Gasteiger partial charge in [0.1, 0.15) is 5.82 Å². The van der Waals surface area contributed by atoms with Crippen LogP contribution in [0.5, 0.6) is 0 Å². The highest BCUT2D eigenvalue weighted by atomic mass is 127. The van der Waals surface area contributed by atoms with Crippen LogP contribution in [-0.4, -0.2) is 51.3 Å². The molecule has 0 radical (unpaired) electrons. The van der Waals surface area contributed by atoms with Gasteiger partial charge in [0, 0.05) is 36.7 Å². The summed E-state index contributed by atoms with van der Waals surface area (Å²) in [6.07, 6.45) is 6.04. The molecule has 168 valence electrons. The molecule has 1 heterocycles. The number of aromatic nitrogens is 1. The standard InChI is InChI=1S/C20H30FN5O2S.HI/c1-2-22-20(24-10-11-29(27,28)26-13-15-4-3-5-15)23-9-8-16-14-25-19-12-17(21)6-7-18(16)19;/h6-7,12,14-15,25-26H,2-5,8-11,13H2,1H3,(H2,22,23,24);1H. The monoisotopic (exact) mass is 551 g/mol. The van der Waals surface area contributed by atoms with Crippen LogP contribution < -0.4 is 15.4 Å². The molecule has 0 amide bonds. The van der Waals surface area contributed by atoms with E-state index in [-0.39, 0.29) is 42.1 Å². The van der Waals surface area contributed by atoms with Crippen molar-refractivity contribution in [3.05, 3.63) is 35.8 Å². The molecule has 2 aromatic rings. The summed E-state index contributed by atoms with van der Waals surface area (Å²) < 4.78 is 40.1. The summed E-state index contributed by atoms with van der Waals surface area (Å²) in [6, 6.07) is 4.71. The summed E-state index contributed by atoms with van der Waals surface area (Å²) in [7, 11) is -3.29. The average molecular weight is 551 g/mol.